The molecule has 1 saturated heterocycles. The number of rotatable bonds is 8. The van der Waals surface area contributed by atoms with E-state index >= 15 is 0 Å². The van der Waals surface area contributed by atoms with Crippen molar-refractivity contribution >= 4 is 24.0 Å². The second-order valence-electron chi connectivity index (χ2n) is 6.66. The Balaban J connectivity index is 1.83. The zero-order valence-electron chi connectivity index (χ0n) is 17.8. The summed E-state index contributed by atoms with van der Waals surface area (Å²) >= 11 is 0. The Morgan fingerprint density at radius 1 is 1.13 bits per heavy atom. The third-order valence-electron chi connectivity index (χ3n) is 4.56. The fourth-order valence-corrected chi connectivity index (χ4v) is 3.07. The number of nitrogens with one attached hydrogen (secondary N) is 1. The number of benzene rings is 1. The summed E-state index contributed by atoms with van der Waals surface area (Å²) in [6.45, 7) is 6.46. The molecule has 1 aliphatic rings. The molecule has 1 fully saturated rings. The minimum Gasteiger partial charge on any atom is -0.490 e. The van der Waals surface area contributed by atoms with Crippen LogP contribution in [0, 0.1) is 6.92 Å². The van der Waals surface area contributed by atoms with Crippen LogP contribution in [-0.2, 0) is 16.1 Å². The molecule has 0 spiro atoms. The predicted octanol–water partition coefficient (Wildman–Crippen LogP) is 3.26. The van der Waals surface area contributed by atoms with E-state index in [4.69, 9.17) is 13.9 Å². The topological polar surface area (TPSA) is 107 Å². The SMILES string of the molecule is CCOc1cc(C)c(/C=C2\NC(=O)N(Cc3ccc(C(=O)OC)o3)C2=O)cc1OCC. The van der Waals surface area contributed by atoms with Gasteiger partial charge in [-0.1, -0.05) is 0 Å². The van der Waals surface area contributed by atoms with Crippen LogP contribution in [0.15, 0.2) is 34.4 Å². The number of hydrogen-bond donors (Lipinski definition) is 1. The molecule has 0 bridgehead atoms. The Labute approximate surface area is 179 Å². The molecule has 0 aliphatic carbocycles. The Morgan fingerprint density at radius 3 is 2.45 bits per heavy atom. The van der Waals surface area contributed by atoms with Gasteiger partial charge in [-0.25, -0.2) is 9.59 Å². The van der Waals surface area contributed by atoms with Crippen LogP contribution in [0.25, 0.3) is 6.08 Å². The maximum absolute atomic E-state index is 12.8. The highest BCUT2D eigenvalue weighted by Crippen LogP contribution is 2.32. The van der Waals surface area contributed by atoms with Crippen LogP contribution in [0.2, 0.25) is 0 Å². The number of imide groups is 1. The molecular weight excluding hydrogens is 404 g/mol. The summed E-state index contributed by atoms with van der Waals surface area (Å²) in [5, 5.41) is 2.57. The van der Waals surface area contributed by atoms with Gasteiger partial charge in [0.05, 0.1) is 26.9 Å². The first-order valence-corrected chi connectivity index (χ1v) is 9.79. The second-order valence-corrected chi connectivity index (χ2v) is 6.66. The molecule has 31 heavy (non-hydrogen) atoms. The van der Waals surface area contributed by atoms with Crippen molar-refractivity contribution < 1.29 is 33.0 Å². The van der Waals surface area contributed by atoms with Crippen molar-refractivity contribution in [1.82, 2.24) is 10.2 Å². The van der Waals surface area contributed by atoms with Crippen molar-refractivity contribution in [1.29, 1.82) is 0 Å². The van der Waals surface area contributed by atoms with Crippen LogP contribution in [-0.4, -0.2) is 43.1 Å². The molecule has 0 radical (unpaired) electrons. The fourth-order valence-electron chi connectivity index (χ4n) is 3.07. The molecule has 1 aromatic carbocycles. The Kier molecular flexibility index (Phi) is 6.64. The number of methoxy groups -OCH3 is 1. The van der Waals surface area contributed by atoms with Gasteiger partial charge in [0.15, 0.2) is 11.5 Å². The highest BCUT2D eigenvalue weighted by molar-refractivity contribution is 6.14. The monoisotopic (exact) mass is 428 g/mol. The number of amides is 3. The molecular formula is C22H24N2O7. The number of ether oxygens (including phenoxy) is 3. The van der Waals surface area contributed by atoms with Gasteiger partial charge < -0.3 is 23.9 Å². The molecule has 3 amide bonds. The van der Waals surface area contributed by atoms with Gasteiger partial charge >= 0.3 is 12.0 Å². The Hall–Kier alpha value is -3.75. The largest absolute Gasteiger partial charge is 0.490 e. The maximum atomic E-state index is 12.8. The van der Waals surface area contributed by atoms with Crippen molar-refractivity contribution in [3.8, 4) is 11.5 Å². The highest BCUT2D eigenvalue weighted by atomic mass is 16.5. The lowest BCUT2D eigenvalue weighted by atomic mass is 10.1. The summed E-state index contributed by atoms with van der Waals surface area (Å²) in [6.07, 6.45) is 1.59. The lowest BCUT2D eigenvalue weighted by Gasteiger charge is -2.13. The average Bonchev–Trinajstić information content (AvgIpc) is 3.31. The number of urea groups is 1. The number of aryl methyl sites for hydroxylation is 1. The van der Waals surface area contributed by atoms with Crippen LogP contribution in [0.1, 0.15) is 41.3 Å². The van der Waals surface area contributed by atoms with Gasteiger partial charge in [0, 0.05) is 0 Å². The average molecular weight is 428 g/mol. The van der Waals surface area contributed by atoms with Crippen LogP contribution >= 0.6 is 0 Å². The van der Waals surface area contributed by atoms with E-state index in [1.807, 2.05) is 26.8 Å². The molecule has 1 aromatic heterocycles. The number of esters is 1. The van der Waals surface area contributed by atoms with Gasteiger partial charge in [0.1, 0.15) is 11.5 Å². The van der Waals surface area contributed by atoms with Crippen molar-refractivity contribution in [3.63, 3.8) is 0 Å². The summed E-state index contributed by atoms with van der Waals surface area (Å²) < 4.78 is 21.2. The normalized spacial score (nSPS) is 14.7. The van der Waals surface area contributed by atoms with Gasteiger partial charge in [-0.3, -0.25) is 9.69 Å². The highest BCUT2D eigenvalue weighted by Gasteiger charge is 2.34. The zero-order chi connectivity index (χ0) is 22.5. The minimum atomic E-state index is -0.639. The zero-order valence-corrected chi connectivity index (χ0v) is 17.8. The Bertz CT molecular complexity index is 1040. The van der Waals surface area contributed by atoms with Gasteiger partial charge in [-0.2, -0.15) is 0 Å². The van der Waals surface area contributed by atoms with Crippen molar-refractivity contribution in [2.75, 3.05) is 20.3 Å². The summed E-state index contributed by atoms with van der Waals surface area (Å²) in [5.74, 6) is 0.301. The summed E-state index contributed by atoms with van der Waals surface area (Å²) in [4.78, 5) is 37.7. The first kappa shape index (κ1) is 21.9. The lowest BCUT2D eigenvalue weighted by molar-refractivity contribution is -0.123. The molecule has 9 heteroatoms. The molecule has 0 atom stereocenters. The van der Waals surface area contributed by atoms with E-state index in [2.05, 4.69) is 10.1 Å². The van der Waals surface area contributed by atoms with E-state index in [9.17, 15) is 14.4 Å². The van der Waals surface area contributed by atoms with E-state index in [1.165, 1.54) is 19.2 Å². The minimum absolute atomic E-state index is 0.00575. The maximum Gasteiger partial charge on any atom is 0.373 e. The lowest BCUT2D eigenvalue weighted by Crippen LogP contribution is -2.30. The number of carbonyl (C=O) groups is 3. The second kappa shape index (κ2) is 9.38. The number of hydrogen-bond acceptors (Lipinski definition) is 7. The number of nitrogens with zero attached hydrogens (tertiary/aromatic N) is 1. The van der Waals surface area contributed by atoms with Gasteiger partial charge in [-0.15, -0.1) is 0 Å². The van der Waals surface area contributed by atoms with E-state index < -0.39 is 17.9 Å². The summed E-state index contributed by atoms with van der Waals surface area (Å²) in [5.41, 5.74) is 1.69. The van der Waals surface area contributed by atoms with Crippen LogP contribution in [0.5, 0.6) is 11.5 Å². The van der Waals surface area contributed by atoms with E-state index in [-0.39, 0.29) is 23.8 Å². The smallest absolute Gasteiger partial charge is 0.373 e. The third kappa shape index (κ3) is 4.71. The van der Waals surface area contributed by atoms with Crippen molar-refractivity contribution in [2.24, 2.45) is 0 Å². The first-order valence-electron chi connectivity index (χ1n) is 9.79. The van der Waals surface area contributed by atoms with E-state index in [0.717, 1.165) is 10.5 Å². The molecule has 0 unspecified atom stereocenters. The number of carbonyl (C=O) groups excluding carboxylic acids is 3. The molecule has 2 aromatic rings. The van der Waals surface area contributed by atoms with Crippen LogP contribution in [0.3, 0.4) is 0 Å². The first-order chi connectivity index (χ1) is 14.9. The molecule has 2 heterocycles. The Morgan fingerprint density at radius 2 is 1.81 bits per heavy atom. The van der Waals surface area contributed by atoms with E-state index in [1.54, 1.807) is 12.1 Å². The summed E-state index contributed by atoms with van der Waals surface area (Å²) in [7, 11) is 1.24. The van der Waals surface area contributed by atoms with Gasteiger partial charge in [0.2, 0.25) is 5.76 Å². The molecule has 1 aliphatic heterocycles. The standard InChI is InChI=1S/C22H24N2O7/c1-5-29-18-9-13(3)14(11-19(18)30-6-2)10-16-20(25)24(22(27)23-16)12-15-7-8-17(31-15)21(26)28-4/h7-11H,5-6,12H2,1-4H3,(H,23,27)/b16-10-. The van der Waals surface area contributed by atoms with Crippen molar-refractivity contribution in [2.45, 2.75) is 27.3 Å². The molecule has 3 rings (SSSR count). The van der Waals surface area contributed by atoms with Crippen molar-refractivity contribution in [3.05, 3.63) is 52.6 Å². The third-order valence-corrected chi connectivity index (χ3v) is 4.56. The predicted molar refractivity (Wildman–Crippen MR) is 111 cm³/mol. The summed E-state index contributed by atoms with van der Waals surface area (Å²) in [6, 6.07) is 5.96. The van der Waals surface area contributed by atoms with Crippen LogP contribution in [0.4, 0.5) is 4.79 Å². The molecule has 0 saturated carbocycles. The fraction of sp³-hybridized carbons (Fsp3) is 0.318. The quantitative estimate of drug-likeness (QED) is 0.391. The molecule has 9 nitrogen and oxygen atoms in total. The van der Waals surface area contributed by atoms with E-state index in [0.29, 0.717) is 30.3 Å². The van der Waals surface area contributed by atoms with Gasteiger partial charge in [-0.05, 0) is 62.2 Å². The molecule has 1 N–H and O–H groups in total. The van der Waals surface area contributed by atoms with Gasteiger partial charge in [0.25, 0.3) is 5.91 Å². The molecule has 164 valence electrons. The van der Waals surface area contributed by atoms with Crippen LogP contribution < -0.4 is 14.8 Å². The number of furan rings is 1.